The van der Waals surface area contributed by atoms with E-state index in [0.717, 1.165) is 59.3 Å². The van der Waals surface area contributed by atoms with Crippen LogP contribution in [-0.4, -0.2) is 0 Å². The van der Waals surface area contributed by atoms with Crippen molar-refractivity contribution in [2.45, 2.75) is 31.6 Å². The molecule has 2 aliphatic carbocycles. The van der Waals surface area contributed by atoms with Gasteiger partial charge in [-0.3, -0.25) is 0 Å². The van der Waals surface area contributed by atoms with E-state index in [4.69, 9.17) is 4.42 Å². The average molecular weight is 832 g/mol. The smallest absolute Gasteiger partial charge is 0.136 e. The van der Waals surface area contributed by atoms with Gasteiger partial charge in [0, 0.05) is 39.3 Å². The molecular formula is C63H45NO. The Morgan fingerprint density at radius 1 is 0.431 bits per heavy atom. The average Bonchev–Trinajstić information content (AvgIpc) is 3.67. The zero-order chi connectivity index (χ0) is 42.8. The first-order valence-corrected chi connectivity index (χ1v) is 23.1. The highest BCUT2D eigenvalue weighted by molar-refractivity contribution is 6.26. The number of aryl methyl sites for hydroxylation is 1. The molecule has 0 amide bonds. The lowest BCUT2D eigenvalue weighted by Crippen LogP contribution is -2.11. The molecule has 65 heavy (non-hydrogen) atoms. The van der Waals surface area contributed by atoms with Crippen LogP contribution in [0.3, 0.4) is 0 Å². The zero-order valence-corrected chi connectivity index (χ0v) is 36.0. The maximum atomic E-state index is 6.78. The fourth-order valence-electron chi connectivity index (χ4n) is 11.1. The molecule has 10 aromatic carbocycles. The Morgan fingerprint density at radius 2 is 1.03 bits per heavy atom. The topological polar surface area (TPSA) is 16.4 Å². The van der Waals surface area contributed by atoms with Gasteiger partial charge in [-0.05, 0) is 151 Å². The lowest BCUT2D eigenvalue weighted by molar-refractivity contribution is 0.667. The Bertz CT molecular complexity index is 3670. The highest BCUT2D eigenvalue weighted by Crippen LogP contribution is 2.52. The lowest BCUT2D eigenvalue weighted by Gasteiger charge is -2.29. The molecule has 2 heteroatoms. The third-order valence-electron chi connectivity index (χ3n) is 14.1. The van der Waals surface area contributed by atoms with Crippen molar-refractivity contribution in [1.29, 1.82) is 0 Å². The molecule has 1 aromatic heterocycles. The van der Waals surface area contributed by atoms with Gasteiger partial charge >= 0.3 is 0 Å². The Hall–Kier alpha value is -7.94. The van der Waals surface area contributed by atoms with Gasteiger partial charge in [0.05, 0.1) is 0 Å². The van der Waals surface area contributed by atoms with Crippen LogP contribution in [0.25, 0.3) is 87.6 Å². The highest BCUT2D eigenvalue weighted by atomic mass is 16.3. The summed E-state index contributed by atoms with van der Waals surface area (Å²) >= 11 is 0. The molecule has 1 heterocycles. The Morgan fingerprint density at radius 3 is 1.75 bits per heavy atom. The van der Waals surface area contributed by atoms with E-state index < -0.39 is 0 Å². The fourth-order valence-corrected chi connectivity index (χ4v) is 11.1. The summed E-state index contributed by atoms with van der Waals surface area (Å²) in [5.74, 6) is 0.254. The molecule has 2 nitrogen and oxygen atoms in total. The van der Waals surface area contributed by atoms with Crippen LogP contribution in [0.2, 0.25) is 0 Å². The molecule has 0 fully saturated rings. The van der Waals surface area contributed by atoms with Crippen molar-refractivity contribution in [3.63, 3.8) is 0 Å². The molecular weight excluding hydrogens is 787 g/mol. The molecule has 0 bridgehead atoms. The lowest BCUT2D eigenvalue weighted by atomic mass is 9.82. The highest BCUT2D eigenvalue weighted by Gasteiger charge is 2.31. The normalized spacial score (nSPS) is 14.7. The van der Waals surface area contributed by atoms with Crippen LogP contribution < -0.4 is 4.90 Å². The number of anilines is 3. The third-order valence-corrected chi connectivity index (χ3v) is 14.1. The molecule has 308 valence electrons. The van der Waals surface area contributed by atoms with Crippen LogP contribution in [0.1, 0.15) is 36.3 Å². The first-order valence-electron chi connectivity index (χ1n) is 23.1. The van der Waals surface area contributed by atoms with Gasteiger partial charge in [0.2, 0.25) is 0 Å². The summed E-state index contributed by atoms with van der Waals surface area (Å²) in [6.07, 6.45) is 11.4. The predicted molar refractivity (Wildman–Crippen MR) is 275 cm³/mol. The quantitative estimate of drug-likeness (QED) is 0.155. The van der Waals surface area contributed by atoms with E-state index in [1.54, 1.807) is 0 Å². The maximum absolute atomic E-state index is 6.78. The van der Waals surface area contributed by atoms with Crippen LogP contribution in [0.4, 0.5) is 17.1 Å². The number of benzene rings is 10. The van der Waals surface area contributed by atoms with E-state index in [-0.39, 0.29) is 5.92 Å². The molecule has 0 saturated heterocycles. The number of hydrogen-bond acceptors (Lipinski definition) is 2. The zero-order valence-electron chi connectivity index (χ0n) is 36.0. The molecule has 0 radical (unpaired) electrons. The summed E-state index contributed by atoms with van der Waals surface area (Å²) in [6.45, 7) is 0. The largest absolute Gasteiger partial charge is 0.456 e. The summed E-state index contributed by atoms with van der Waals surface area (Å²) < 4.78 is 6.78. The minimum Gasteiger partial charge on any atom is -0.456 e. The van der Waals surface area contributed by atoms with E-state index in [1.807, 2.05) is 0 Å². The Kier molecular flexibility index (Phi) is 8.91. The second kappa shape index (κ2) is 15.4. The van der Waals surface area contributed by atoms with Gasteiger partial charge < -0.3 is 9.32 Å². The van der Waals surface area contributed by atoms with Crippen molar-refractivity contribution in [2.75, 3.05) is 4.90 Å². The summed E-state index contributed by atoms with van der Waals surface area (Å²) in [5.41, 5.74) is 16.8. The van der Waals surface area contributed by atoms with E-state index >= 15 is 0 Å². The van der Waals surface area contributed by atoms with Crippen LogP contribution >= 0.6 is 0 Å². The second-order valence-corrected chi connectivity index (χ2v) is 17.7. The molecule has 2 aliphatic rings. The molecule has 11 aromatic rings. The minimum atomic E-state index is 0.254. The van der Waals surface area contributed by atoms with Gasteiger partial charge in [-0.1, -0.05) is 170 Å². The molecule has 0 N–H and O–H groups in total. The van der Waals surface area contributed by atoms with Crippen molar-refractivity contribution in [1.82, 2.24) is 0 Å². The van der Waals surface area contributed by atoms with Crippen LogP contribution in [0.5, 0.6) is 0 Å². The second-order valence-electron chi connectivity index (χ2n) is 17.7. The monoisotopic (exact) mass is 831 g/mol. The number of nitrogens with zero attached hydrogens (tertiary/aromatic N) is 1. The van der Waals surface area contributed by atoms with Crippen molar-refractivity contribution in [3.8, 4) is 33.4 Å². The van der Waals surface area contributed by atoms with Crippen molar-refractivity contribution < 1.29 is 4.42 Å². The Labute approximate surface area is 379 Å². The Balaban J connectivity index is 1.09. The molecule has 13 rings (SSSR count). The SMILES string of the molecule is C1=CC(C2CCc3cc4oc5ccccc5c4c(-c4ccc(-c5ccccc5)cc4)c3-c3cc(N(c4ccccc4)c4ccc5c6ccccc6c6ccccc6c5c4)ccc32)=CCC1. The van der Waals surface area contributed by atoms with E-state index in [1.165, 1.54) is 87.8 Å². The van der Waals surface area contributed by atoms with Crippen LogP contribution in [0.15, 0.2) is 228 Å². The standard InChI is InChI=1S/C63H45NO/c1-4-16-41(17-5-1)42-28-30-44(31-29-42)62-61-45(38-60-63(62)56-26-14-15-27-59(56)65-60)32-35-49(43-18-6-2-7-19-43)54-36-33-48(40-58(54)61)64(46-20-8-3-9-21-46)47-34-37-55-52-24-11-10-22-50(52)51-23-12-13-25-53(51)57(55)39-47/h1,3-6,8-31,33-34,36-40,49H,2,7,32,35H2. The molecule has 1 atom stereocenters. The first kappa shape index (κ1) is 37.6. The van der Waals surface area contributed by atoms with Gasteiger partial charge in [0.1, 0.15) is 11.2 Å². The molecule has 0 aliphatic heterocycles. The third kappa shape index (κ3) is 6.24. The van der Waals surface area contributed by atoms with Gasteiger partial charge in [0.15, 0.2) is 0 Å². The van der Waals surface area contributed by atoms with Gasteiger partial charge in [-0.15, -0.1) is 0 Å². The van der Waals surface area contributed by atoms with Gasteiger partial charge in [-0.2, -0.15) is 0 Å². The van der Waals surface area contributed by atoms with E-state index in [0.29, 0.717) is 0 Å². The van der Waals surface area contributed by atoms with Crippen molar-refractivity contribution >= 4 is 71.3 Å². The number of hydrogen-bond donors (Lipinski definition) is 0. The number of rotatable bonds is 6. The van der Waals surface area contributed by atoms with Crippen LogP contribution in [-0.2, 0) is 6.42 Å². The van der Waals surface area contributed by atoms with E-state index in [2.05, 4.69) is 223 Å². The molecule has 1 unspecified atom stereocenters. The van der Waals surface area contributed by atoms with Gasteiger partial charge in [0.25, 0.3) is 0 Å². The molecule has 0 spiro atoms. The maximum Gasteiger partial charge on any atom is 0.136 e. The summed E-state index contributed by atoms with van der Waals surface area (Å²) in [7, 11) is 0. The van der Waals surface area contributed by atoms with Crippen molar-refractivity contribution in [3.05, 3.63) is 235 Å². The first-order chi connectivity index (χ1) is 32.2. The minimum absolute atomic E-state index is 0.254. The number of para-hydroxylation sites is 2. The molecule has 0 saturated carbocycles. The summed E-state index contributed by atoms with van der Waals surface area (Å²) in [6, 6.07) is 73.9. The van der Waals surface area contributed by atoms with Gasteiger partial charge in [-0.25, -0.2) is 0 Å². The number of allylic oxidation sites excluding steroid dienone is 4. The fraction of sp³-hybridized carbons (Fsp3) is 0.0794. The van der Waals surface area contributed by atoms with E-state index in [9.17, 15) is 0 Å². The number of fused-ring (bicyclic) bond motifs is 12. The van der Waals surface area contributed by atoms with Crippen molar-refractivity contribution in [2.24, 2.45) is 0 Å². The van der Waals surface area contributed by atoms with Crippen LogP contribution in [0, 0.1) is 0 Å². The number of furan rings is 1. The summed E-state index contributed by atoms with van der Waals surface area (Å²) in [5, 5.41) is 9.95. The summed E-state index contributed by atoms with van der Waals surface area (Å²) in [4.78, 5) is 2.46. The predicted octanol–water partition coefficient (Wildman–Crippen LogP) is 17.8.